The maximum absolute atomic E-state index is 4.76. The quantitative estimate of drug-likeness (QED) is 0.301. The van der Waals surface area contributed by atoms with Gasteiger partial charge in [0.2, 0.25) is 0 Å². The summed E-state index contributed by atoms with van der Waals surface area (Å²) in [5.74, 6) is 0. The van der Waals surface area contributed by atoms with Gasteiger partial charge in [-0.05, 0) is 22.5 Å². The van der Waals surface area contributed by atoms with Gasteiger partial charge in [0.05, 0.1) is 5.52 Å². The molecule has 1 nitrogen and oxygen atoms in total. The van der Waals surface area contributed by atoms with Crippen LogP contribution in [0.4, 0.5) is 0 Å². The number of pyridine rings is 1. The van der Waals surface area contributed by atoms with Crippen molar-refractivity contribution >= 4 is 21.7 Å². The fourth-order valence-corrected chi connectivity index (χ4v) is 2.59. The number of hydrogen-bond acceptors (Lipinski definition) is 1. The summed E-state index contributed by atoms with van der Waals surface area (Å²) in [6.45, 7) is 0. The van der Waals surface area contributed by atoms with E-state index in [1.165, 1.54) is 16.2 Å². The van der Waals surface area contributed by atoms with Gasteiger partial charge < -0.3 is 0 Å². The second-order valence-corrected chi connectivity index (χ2v) is 4.83. The van der Waals surface area contributed by atoms with Crippen molar-refractivity contribution in [3.05, 3.63) is 78.9 Å². The number of fused-ring (bicyclic) bond motifs is 3. The van der Waals surface area contributed by atoms with Crippen molar-refractivity contribution in [3.63, 3.8) is 0 Å². The Morgan fingerprint density at radius 1 is 0.714 bits per heavy atom. The predicted octanol–water partition coefficient (Wildman–Crippen LogP) is 4.85. The normalized spacial score (nSPS) is 10.5. The van der Waals surface area contributed by atoms with E-state index in [2.05, 4.69) is 54.6 Å². The van der Waals surface area contributed by atoms with Crippen LogP contribution in [0.3, 0.4) is 0 Å². The van der Waals surface area contributed by atoms with Gasteiger partial charge in [-0.15, -0.1) is 35.9 Å². The first-order chi connectivity index (χ1) is 9.92. The molecule has 0 amide bonds. The monoisotopic (exact) mass is 447 g/mol. The maximum atomic E-state index is 4.76. The van der Waals surface area contributed by atoms with Crippen LogP contribution in [0, 0.1) is 6.07 Å². The Balaban J connectivity index is 0.00000132. The Morgan fingerprint density at radius 3 is 2.43 bits per heavy atom. The SMILES string of the molecule is [Ir].[c-]1ccccc1-c1ccc2c(ccc3ccccc32)n1. The molecule has 1 heterocycles. The van der Waals surface area contributed by atoms with Gasteiger partial charge >= 0.3 is 0 Å². The molecule has 1 radical (unpaired) electrons. The summed E-state index contributed by atoms with van der Waals surface area (Å²) in [7, 11) is 0. The van der Waals surface area contributed by atoms with E-state index in [1.807, 2.05) is 24.3 Å². The van der Waals surface area contributed by atoms with Crippen molar-refractivity contribution in [1.29, 1.82) is 0 Å². The van der Waals surface area contributed by atoms with Crippen LogP contribution in [0.2, 0.25) is 0 Å². The van der Waals surface area contributed by atoms with E-state index in [4.69, 9.17) is 4.98 Å². The van der Waals surface area contributed by atoms with Gasteiger partial charge in [-0.1, -0.05) is 42.5 Å². The first kappa shape index (κ1) is 13.9. The average molecular weight is 447 g/mol. The summed E-state index contributed by atoms with van der Waals surface area (Å²) in [4.78, 5) is 4.76. The van der Waals surface area contributed by atoms with E-state index < -0.39 is 0 Å². The number of rotatable bonds is 1. The average Bonchev–Trinajstić information content (AvgIpc) is 2.55. The van der Waals surface area contributed by atoms with Gasteiger partial charge in [-0.25, -0.2) is 0 Å². The summed E-state index contributed by atoms with van der Waals surface area (Å²) < 4.78 is 0. The van der Waals surface area contributed by atoms with E-state index in [0.29, 0.717) is 0 Å². The smallest absolute Gasteiger partial charge is 0.0601 e. The van der Waals surface area contributed by atoms with Crippen LogP contribution < -0.4 is 0 Å². The minimum absolute atomic E-state index is 0. The summed E-state index contributed by atoms with van der Waals surface area (Å²) in [6, 6.07) is 28.0. The number of hydrogen-bond donors (Lipinski definition) is 0. The standard InChI is InChI=1S/C19H12N.Ir/c1-2-7-15(8-3-1)18-13-11-17-16-9-5-4-6-14(16)10-12-19(17)20-18;/h1-7,9-13H;/q-1;. The third kappa shape index (κ3) is 2.49. The van der Waals surface area contributed by atoms with Crippen LogP contribution in [0.25, 0.3) is 32.9 Å². The third-order valence-corrected chi connectivity index (χ3v) is 3.58. The molecular formula is C19H12IrN-. The molecule has 0 fully saturated rings. The topological polar surface area (TPSA) is 12.9 Å². The zero-order chi connectivity index (χ0) is 13.4. The van der Waals surface area contributed by atoms with E-state index in [1.54, 1.807) is 0 Å². The number of benzene rings is 3. The molecule has 3 aromatic carbocycles. The first-order valence-electron chi connectivity index (χ1n) is 6.67. The molecule has 0 aliphatic heterocycles. The number of aromatic nitrogens is 1. The molecule has 4 rings (SSSR count). The molecule has 0 spiro atoms. The molecule has 1 aromatic heterocycles. The maximum Gasteiger partial charge on any atom is 0.0601 e. The van der Waals surface area contributed by atoms with Crippen molar-refractivity contribution in [2.45, 2.75) is 0 Å². The Labute approximate surface area is 137 Å². The fraction of sp³-hybridized carbons (Fsp3) is 0. The second kappa shape index (κ2) is 5.77. The van der Waals surface area contributed by atoms with Crippen LogP contribution in [0.5, 0.6) is 0 Å². The second-order valence-electron chi connectivity index (χ2n) is 4.83. The van der Waals surface area contributed by atoms with Gasteiger partial charge in [0.15, 0.2) is 0 Å². The van der Waals surface area contributed by atoms with E-state index >= 15 is 0 Å². The molecule has 0 saturated carbocycles. The van der Waals surface area contributed by atoms with Gasteiger partial charge in [0, 0.05) is 25.5 Å². The van der Waals surface area contributed by atoms with Gasteiger partial charge in [-0.3, -0.25) is 4.98 Å². The largest absolute Gasteiger partial charge is 0.296 e. The van der Waals surface area contributed by atoms with E-state index in [0.717, 1.165) is 16.8 Å². The third-order valence-electron chi connectivity index (χ3n) is 3.58. The Kier molecular flexibility index (Phi) is 3.83. The van der Waals surface area contributed by atoms with Crippen LogP contribution in [0.15, 0.2) is 72.8 Å². The van der Waals surface area contributed by atoms with Crippen molar-refractivity contribution < 1.29 is 20.1 Å². The first-order valence-corrected chi connectivity index (χ1v) is 6.67. The molecule has 0 N–H and O–H groups in total. The molecule has 103 valence electrons. The number of nitrogens with zero attached hydrogens (tertiary/aromatic N) is 1. The summed E-state index contributed by atoms with van der Waals surface area (Å²) in [5, 5.41) is 3.70. The van der Waals surface area contributed by atoms with Crippen LogP contribution in [-0.2, 0) is 20.1 Å². The summed E-state index contributed by atoms with van der Waals surface area (Å²) >= 11 is 0. The van der Waals surface area contributed by atoms with Gasteiger partial charge in [-0.2, -0.15) is 0 Å². The van der Waals surface area contributed by atoms with Gasteiger partial charge in [0.1, 0.15) is 0 Å². The van der Waals surface area contributed by atoms with E-state index in [-0.39, 0.29) is 20.1 Å². The molecule has 0 bridgehead atoms. The molecule has 0 atom stereocenters. The molecule has 0 unspecified atom stereocenters. The molecule has 2 heteroatoms. The fourth-order valence-electron chi connectivity index (χ4n) is 2.59. The van der Waals surface area contributed by atoms with Crippen molar-refractivity contribution in [1.82, 2.24) is 4.98 Å². The molecule has 0 saturated heterocycles. The molecule has 0 aliphatic carbocycles. The summed E-state index contributed by atoms with van der Waals surface area (Å²) in [6.07, 6.45) is 0. The Bertz CT molecular complexity index is 901. The van der Waals surface area contributed by atoms with Crippen molar-refractivity contribution in [2.75, 3.05) is 0 Å². The van der Waals surface area contributed by atoms with E-state index in [9.17, 15) is 0 Å². The zero-order valence-electron chi connectivity index (χ0n) is 11.2. The van der Waals surface area contributed by atoms with Crippen LogP contribution >= 0.6 is 0 Å². The molecular weight excluding hydrogens is 434 g/mol. The van der Waals surface area contributed by atoms with Crippen LogP contribution in [0.1, 0.15) is 0 Å². The molecule has 4 aromatic rings. The Hall–Kier alpha value is -2.02. The molecule has 21 heavy (non-hydrogen) atoms. The van der Waals surface area contributed by atoms with Gasteiger partial charge in [0.25, 0.3) is 0 Å². The minimum Gasteiger partial charge on any atom is -0.296 e. The minimum atomic E-state index is 0. The molecule has 0 aliphatic rings. The van der Waals surface area contributed by atoms with Crippen LogP contribution in [-0.4, -0.2) is 4.98 Å². The summed E-state index contributed by atoms with van der Waals surface area (Å²) in [5.41, 5.74) is 3.02. The zero-order valence-corrected chi connectivity index (χ0v) is 13.6. The predicted molar refractivity (Wildman–Crippen MR) is 83.5 cm³/mol. The van der Waals surface area contributed by atoms with Crippen molar-refractivity contribution in [3.8, 4) is 11.3 Å². The Morgan fingerprint density at radius 2 is 1.57 bits per heavy atom. The van der Waals surface area contributed by atoms with Crippen molar-refractivity contribution in [2.24, 2.45) is 0 Å².